The van der Waals surface area contributed by atoms with Gasteiger partial charge in [-0.15, -0.1) is 0 Å². The van der Waals surface area contributed by atoms with Gasteiger partial charge in [0.25, 0.3) is 5.91 Å². The number of pyridine rings is 1. The number of fused-ring (bicyclic) bond motifs is 1. The highest BCUT2D eigenvalue weighted by atomic mass is 16.1. The smallest absolute Gasteiger partial charge is 0.255 e. The number of carbonyl (C=O) groups excluding carboxylic acids is 1. The average molecular weight is 244 g/mol. The van der Waals surface area contributed by atoms with Crippen molar-refractivity contribution in [3.8, 4) is 0 Å². The molecule has 1 aliphatic rings. The molecule has 94 valence electrons. The van der Waals surface area contributed by atoms with Crippen LogP contribution in [-0.4, -0.2) is 34.7 Å². The molecule has 1 saturated heterocycles. The van der Waals surface area contributed by atoms with Gasteiger partial charge in [0.05, 0.1) is 17.3 Å². The van der Waals surface area contributed by atoms with Gasteiger partial charge in [-0.2, -0.15) is 5.10 Å². The summed E-state index contributed by atoms with van der Waals surface area (Å²) in [7, 11) is 0. The molecule has 0 spiro atoms. The van der Waals surface area contributed by atoms with Crippen LogP contribution in [0.3, 0.4) is 0 Å². The van der Waals surface area contributed by atoms with Gasteiger partial charge in [-0.1, -0.05) is 6.07 Å². The third kappa shape index (κ3) is 2.09. The molecule has 0 unspecified atom stereocenters. The molecular weight excluding hydrogens is 228 g/mol. The van der Waals surface area contributed by atoms with E-state index in [2.05, 4.69) is 15.7 Å². The molecule has 1 amide bonds. The minimum atomic E-state index is -0.0371. The van der Waals surface area contributed by atoms with E-state index in [9.17, 15) is 4.79 Å². The number of rotatable bonds is 2. The predicted molar refractivity (Wildman–Crippen MR) is 68.5 cm³/mol. The Morgan fingerprint density at radius 2 is 2.44 bits per heavy atom. The second-order valence-electron chi connectivity index (χ2n) is 4.61. The second-order valence-corrected chi connectivity index (χ2v) is 4.61. The summed E-state index contributed by atoms with van der Waals surface area (Å²) in [6.07, 6.45) is 5.62. The van der Waals surface area contributed by atoms with Crippen molar-refractivity contribution in [3.63, 3.8) is 0 Å². The maximum absolute atomic E-state index is 12.2. The first-order chi connectivity index (χ1) is 8.84. The van der Waals surface area contributed by atoms with Crippen molar-refractivity contribution < 1.29 is 4.79 Å². The number of aromatic nitrogens is 2. The molecule has 5 nitrogen and oxygen atoms in total. The van der Waals surface area contributed by atoms with E-state index >= 15 is 0 Å². The summed E-state index contributed by atoms with van der Waals surface area (Å²) in [4.78, 5) is 12.2. The molecule has 0 bridgehead atoms. The molecule has 0 saturated carbocycles. The van der Waals surface area contributed by atoms with E-state index in [0.29, 0.717) is 5.56 Å². The molecule has 1 atom stereocenters. The van der Waals surface area contributed by atoms with Crippen LogP contribution < -0.4 is 10.6 Å². The van der Waals surface area contributed by atoms with Crippen molar-refractivity contribution >= 4 is 11.4 Å². The zero-order valence-electron chi connectivity index (χ0n) is 10.1. The Morgan fingerprint density at radius 1 is 1.50 bits per heavy atom. The maximum atomic E-state index is 12.2. The number of hydrogen-bond acceptors (Lipinski definition) is 3. The minimum Gasteiger partial charge on any atom is -0.348 e. The summed E-state index contributed by atoms with van der Waals surface area (Å²) in [5.41, 5.74) is 1.49. The monoisotopic (exact) mass is 244 g/mol. The molecule has 3 rings (SSSR count). The van der Waals surface area contributed by atoms with Crippen LogP contribution in [0.25, 0.3) is 5.52 Å². The third-order valence-electron chi connectivity index (χ3n) is 3.30. The number of carbonyl (C=O) groups is 1. The SMILES string of the molecule is O=C(N[C@@H]1CCCNC1)c1cnn2ccccc12. The number of nitrogens with zero attached hydrogens (tertiary/aromatic N) is 2. The van der Waals surface area contributed by atoms with Crippen LogP contribution in [0.1, 0.15) is 23.2 Å². The first-order valence-electron chi connectivity index (χ1n) is 6.28. The van der Waals surface area contributed by atoms with E-state index in [0.717, 1.165) is 31.4 Å². The Labute approximate surface area is 105 Å². The minimum absolute atomic E-state index is 0.0371. The van der Waals surface area contributed by atoms with Gasteiger partial charge in [0.1, 0.15) is 0 Å². The molecular formula is C13H16N4O. The quantitative estimate of drug-likeness (QED) is 0.822. The zero-order valence-corrected chi connectivity index (χ0v) is 10.1. The van der Waals surface area contributed by atoms with Gasteiger partial charge in [0, 0.05) is 18.8 Å². The third-order valence-corrected chi connectivity index (χ3v) is 3.30. The van der Waals surface area contributed by atoms with Gasteiger partial charge in [-0.25, -0.2) is 4.52 Å². The summed E-state index contributed by atoms with van der Waals surface area (Å²) in [6, 6.07) is 5.94. The van der Waals surface area contributed by atoms with Crippen LogP contribution in [0.5, 0.6) is 0 Å². The summed E-state index contributed by atoms with van der Waals surface area (Å²) in [5, 5.41) is 10.5. The van der Waals surface area contributed by atoms with E-state index in [-0.39, 0.29) is 11.9 Å². The molecule has 2 aromatic heterocycles. The van der Waals surface area contributed by atoms with Gasteiger partial charge in [-0.05, 0) is 31.5 Å². The molecule has 1 fully saturated rings. The predicted octanol–water partition coefficient (Wildman–Crippen LogP) is 0.816. The Bertz CT molecular complexity index is 557. The summed E-state index contributed by atoms with van der Waals surface area (Å²) in [6.45, 7) is 1.90. The van der Waals surface area contributed by atoms with Crippen molar-refractivity contribution in [2.24, 2.45) is 0 Å². The highest BCUT2D eigenvalue weighted by Gasteiger charge is 2.18. The van der Waals surface area contributed by atoms with Gasteiger partial charge < -0.3 is 10.6 Å². The largest absolute Gasteiger partial charge is 0.348 e. The van der Waals surface area contributed by atoms with Crippen LogP contribution in [0.4, 0.5) is 0 Å². The molecule has 2 N–H and O–H groups in total. The summed E-state index contributed by atoms with van der Waals surface area (Å²) < 4.78 is 1.72. The lowest BCUT2D eigenvalue weighted by Gasteiger charge is -2.23. The topological polar surface area (TPSA) is 58.4 Å². The fraction of sp³-hybridized carbons (Fsp3) is 0.385. The van der Waals surface area contributed by atoms with E-state index in [4.69, 9.17) is 0 Å². The Morgan fingerprint density at radius 3 is 3.28 bits per heavy atom. The number of piperidine rings is 1. The first kappa shape index (κ1) is 11.2. The van der Waals surface area contributed by atoms with Gasteiger partial charge in [-0.3, -0.25) is 4.79 Å². The Balaban J connectivity index is 1.79. The summed E-state index contributed by atoms with van der Waals surface area (Å²) in [5.74, 6) is -0.0371. The number of amides is 1. The van der Waals surface area contributed by atoms with Crippen molar-refractivity contribution in [1.29, 1.82) is 0 Å². The van der Waals surface area contributed by atoms with E-state index in [1.165, 1.54) is 0 Å². The Hall–Kier alpha value is -1.88. The van der Waals surface area contributed by atoms with Gasteiger partial charge >= 0.3 is 0 Å². The van der Waals surface area contributed by atoms with Crippen molar-refractivity contribution in [3.05, 3.63) is 36.2 Å². The zero-order chi connectivity index (χ0) is 12.4. The highest BCUT2D eigenvalue weighted by Crippen LogP contribution is 2.11. The van der Waals surface area contributed by atoms with Crippen LogP contribution in [-0.2, 0) is 0 Å². The molecule has 1 aliphatic heterocycles. The van der Waals surface area contributed by atoms with Crippen LogP contribution in [0.2, 0.25) is 0 Å². The standard InChI is InChI=1S/C13H16N4O/c18-13(16-10-4-3-6-14-8-10)11-9-15-17-7-2-1-5-12(11)17/h1-2,5,7,9-10,14H,3-4,6,8H2,(H,16,18)/t10-/m1/s1. The lowest BCUT2D eigenvalue weighted by molar-refractivity contribution is 0.0932. The van der Waals surface area contributed by atoms with Gasteiger partial charge in [0.15, 0.2) is 0 Å². The molecule has 0 radical (unpaired) electrons. The normalized spacial score (nSPS) is 19.9. The fourth-order valence-corrected chi connectivity index (χ4v) is 2.35. The van der Waals surface area contributed by atoms with Crippen LogP contribution >= 0.6 is 0 Å². The molecule has 2 aromatic rings. The van der Waals surface area contributed by atoms with Crippen LogP contribution in [0, 0.1) is 0 Å². The average Bonchev–Trinajstić information content (AvgIpc) is 2.84. The molecule has 0 aromatic carbocycles. The number of hydrogen-bond donors (Lipinski definition) is 2. The highest BCUT2D eigenvalue weighted by molar-refractivity contribution is 6.00. The molecule has 3 heterocycles. The lowest BCUT2D eigenvalue weighted by atomic mass is 10.1. The lowest BCUT2D eigenvalue weighted by Crippen LogP contribution is -2.45. The fourth-order valence-electron chi connectivity index (χ4n) is 2.35. The molecule has 5 heteroatoms. The summed E-state index contributed by atoms with van der Waals surface area (Å²) >= 11 is 0. The van der Waals surface area contributed by atoms with E-state index in [1.54, 1.807) is 10.7 Å². The Kier molecular flexibility index (Phi) is 2.98. The van der Waals surface area contributed by atoms with E-state index in [1.807, 2.05) is 24.4 Å². The first-order valence-corrected chi connectivity index (χ1v) is 6.28. The number of nitrogens with one attached hydrogen (secondary N) is 2. The second kappa shape index (κ2) is 4.78. The van der Waals surface area contributed by atoms with E-state index < -0.39 is 0 Å². The van der Waals surface area contributed by atoms with Crippen LogP contribution in [0.15, 0.2) is 30.6 Å². The van der Waals surface area contributed by atoms with Crippen molar-refractivity contribution in [1.82, 2.24) is 20.2 Å². The van der Waals surface area contributed by atoms with Gasteiger partial charge in [0.2, 0.25) is 0 Å². The molecule has 0 aliphatic carbocycles. The maximum Gasteiger partial charge on any atom is 0.255 e. The van der Waals surface area contributed by atoms with Crippen molar-refractivity contribution in [2.45, 2.75) is 18.9 Å². The van der Waals surface area contributed by atoms with Crippen molar-refractivity contribution in [2.75, 3.05) is 13.1 Å². The molecule has 18 heavy (non-hydrogen) atoms.